The summed E-state index contributed by atoms with van der Waals surface area (Å²) >= 11 is 7.55. The fourth-order valence-corrected chi connectivity index (χ4v) is 2.92. The number of hydrogen-bond donors (Lipinski definition) is 0. The summed E-state index contributed by atoms with van der Waals surface area (Å²) in [7, 11) is 0. The van der Waals surface area contributed by atoms with E-state index in [0.717, 1.165) is 28.6 Å². The van der Waals surface area contributed by atoms with Crippen LogP contribution in [0.3, 0.4) is 0 Å². The summed E-state index contributed by atoms with van der Waals surface area (Å²) in [4.78, 5) is 5.33. The van der Waals surface area contributed by atoms with Crippen molar-refractivity contribution in [2.45, 2.75) is 19.2 Å². The highest BCUT2D eigenvalue weighted by Gasteiger charge is 2.14. The Morgan fingerprint density at radius 2 is 2.00 bits per heavy atom. The molecule has 0 unspecified atom stereocenters. The van der Waals surface area contributed by atoms with Crippen molar-refractivity contribution < 1.29 is 9.47 Å². The maximum absolute atomic E-state index is 6.00. The van der Waals surface area contributed by atoms with Crippen LogP contribution in [0.1, 0.15) is 19.0 Å². The summed E-state index contributed by atoms with van der Waals surface area (Å²) in [6.45, 7) is 2.80. The number of nitrogens with zero attached hydrogens (tertiary/aromatic N) is 2. The number of aromatic nitrogens is 2. The van der Waals surface area contributed by atoms with Crippen LogP contribution in [-0.2, 0) is 5.88 Å². The Labute approximate surface area is 131 Å². The molecule has 0 spiro atoms. The first-order valence-corrected chi connectivity index (χ1v) is 8.14. The van der Waals surface area contributed by atoms with Crippen LogP contribution >= 0.6 is 22.9 Å². The van der Waals surface area contributed by atoms with E-state index in [4.69, 9.17) is 21.1 Å². The van der Waals surface area contributed by atoms with Gasteiger partial charge in [-0.3, -0.25) is 4.40 Å². The quantitative estimate of drug-likeness (QED) is 0.616. The van der Waals surface area contributed by atoms with Crippen LogP contribution in [0.15, 0.2) is 35.8 Å². The van der Waals surface area contributed by atoms with Gasteiger partial charge in [-0.25, -0.2) is 0 Å². The molecule has 2 aromatic heterocycles. The minimum absolute atomic E-state index is 0.352. The highest BCUT2D eigenvalue weighted by Crippen LogP contribution is 2.29. The minimum atomic E-state index is 0.352. The van der Waals surface area contributed by atoms with Gasteiger partial charge in [-0.15, -0.1) is 22.9 Å². The molecule has 0 aliphatic carbocycles. The predicted octanol–water partition coefficient (Wildman–Crippen LogP) is 4.72. The number of alkyl halides is 1. The molecule has 6 heteroatoms. The fourth-order valence-electron chi connectivity index (χ4n) is 1.95. The molecule has 0 aliphatic heterocycles. The highest BCUT2D eigenvalue weighted by atomic mass is 35.5. The Morgan fingerprint density at radius 3 is 2.71 bits per heavy atom. The zero-order valence-corrected chi connectivity index (χ0v) is 13.2. The largest absolute Gasteiger partial charge is 0.494 e. The number of imidazole rings is 1. The second-order valence-electron chi connectivity index (χ2n) is 4.47. The van der Waals surface area contributed by atoms with Gasteiger partial charge in [-0.1, -0.05) is 6.92 Å². The van der Waals surface area contributed by atoms with Gasteiger partial charge in [-0.05, 0) is 30.7 Å². The average Bonchev–Trinajstić information content (AvgIpc) is 3.07. The van der Waals surface area contributed by atoms with E-state index in [1.165, 1.54) is 0 Å². The zero-order valence-electron chi connectivity index (χ0n) is 11.6. The molecular formula is C15H15ClN2O2S. The van der Waals surface area contributed by atoms with Gasteiger partial charge in [0.15, 0.2) is 4.96 Å². The van der Waals surface area contributed by atoms with Crippen LogP contribution in [0.4, 0.5) is 0 Å². The number of rotatable bonds is 6. The van der Waals surface area contributed by atoms with Crippen molar-refractivity contribution in [2.75, 3.05) is 6.61 Å². The van der Waals surface area contributed by atoms with Gasteiger partial charge in [0.25, 0.3) is 0 Å². The normalized spacial score (nSPS) is 11.0. The van der Waals surface area contributed by atoms with E-state index in [9.17, 15) is 0 Å². The summed E-state index contributed by atoms with van der Waals surface area (Å²) < 4.78 is 13.3. The van der Waals surface area contributed by atoms with E-state index in [-0.39, 0.29) is 0 Å². The first-order chi connectivity index (χ1) is 10.3. The Balaban J connectivity index is 1.79. The maximum atomic E-state index is 6.00. The Bertz CT molecular complexity index is 721. The van der Waals surface area contributed by atoms with Gasteiger partial charge in [0, 0.05) is 11.6 Å². The minimum Gasteiger partial charge on any atom is -0.494 e. The van der Waals surface area contributed by atoms with Crippen LogP contribution in [0.5, 0.6) is 17.4 Å². The molecule has 0 aliphatic rings. The van der Waals surface area contributed by atoms with Crippen LogP contribution in [0, 0.1) is 0 Å². The summed E-state index contributed by atoms with van der Waals surface area (Å²) in [5.74, 6) is 2.47. The van der Waals surface area contributed by atoms with E-state index in [1.807, 2.05) is 40.2 Å². The molecular weight excluding hydrogens is 308 g/mol. The number of halogens is 1. The molecule has 3 aromatic rings. The van der Waals surface area contributed by atoms with Crippen LogP contribution in [0.25, 0.3) is 4.96 Å². The molecule has 0 bridgehead atoms. The highest BCUT2D eigenvalue weighted by molar-refractivity contribution is 7.15. The van der Waals surface area contributed by atoms with E-state index in [0.29, 0.717) is 18.4 Å². The van der Waals surface area contributed by atoms with Crippen molar-refractivity contribution in [3.05, 3.63) is 41.5 Å². The van der Waals surface area contributed by atoms with E-state index >= 15 is 0 Å². The Hall–Kier alpha value is -1.72. The van der Waals surface area contributed by atoms with E-state index in [1.54, 1.807) is 11.3 Å². The van der Waals surface area contributed by atoms with E-state index < -0.39 is 0 Å². The summed E-state index contributed by atoms with van der Waals surface area (Å²) in [5.41, 5.74) is 0.860. The molecule has 4 nitrogen and oxygen atoms in total. The van der Waals surface area contributed by atoms with Crippen molar-refractivity contribution in [3.8, 4) is 17.4 Å². The molecule has 21 heavy (non-hydrogen) atoms. The van der Waals surface area contributed by atoms with E-state index in [2.05, 4.69) is 11.9 Å². The molecule has 0 saturated heterocycles. The lowest BCUT2D eigenvalue weighted by molar-refractivity contribution is 0.317. The van der Waals surface area contributed by atoms with Crippen molar-refractivity contribution in [1.82, 2.24) is 9.38 Å². The van der Waals surface area contributed by atoms with Gasteiger partial charge in [-0.2, -0.15) is 4.98 Å². The number of ether oxygens (including phenoxy) is 2. The van der Waals surface area contributed by atoms with Gasteiger partial charge < -0.3 is 9.47 Å². The number of benzene rings is 1. The number of hydrogen-bond acceptors (Lipinski definition) is 4. The Morgan fingerprint density at radius 1 is 1.24 bits per heavy atom. The average molecular weight is 323 g/mol. The third kappa shape index (κ3) is 2.99. The lowest BCUT2D eigenvalue weighted by Gasteiger charge is -2.07. The topological polar surface area (TPSA) is 35.8 Å². The molecule has 110 valence electrons. The van der Waals surface area contributed by atoms with Gasteiger partial charge in [0.2, 0.25) is 5.88 Å². The second-order valence-corrected chi connectivity index (χ2v) is 5.62. The van der Waals surface area contributed by atoms with Gasteiger partial charge in [0.1, 0.15) is 17.2 Å². The molecule has 2 heterocycles. The van der Waals surface area contributed by atoms with Gasteiger partial charge >= 0.3 is 0 Å². The smallest absolute Gasteiger partial charge is 0.243 e. The molecule has 0 saturated carbocycles. The third-order valence-corrected chi connectivity index (χ3v) is 3.97. The monoisotopic (exact) mass is 322 g/mol. The number of thiazole rings is 1. The molecule has 0 N–H and O–H groups in total. The molecule has 3 rings (SSSR count). The second kappa shape index (κ2) is 6.37. The summed E-state index contributed by atoms with van der Waals surface area (Å²) in [5, 5.41) is 1.97. The van der Waals surface area contributed by atoms with Crippen molar-refractivity contribution in [1.29, 1.82) is 0 Å². The maximum Gasteiger partial charge on any atom is 0.243 e. The fraction of sp³-hybridized carbons (Fsp3) is 0.267. The molecule has 1 aromatic carbocycles. The number of fused-ring (bicyclic) bond motifs is 1. The summed E-state index contributed by atoms with van der Waals surface area (Å²) in [6, 6.07) is 7.53. The van der Waals surface area contributed by atoms with Gasteiger partial charge in [0.05, 0.1) is 12.5 Å². The van der Waals surface area contributed by atoms with Crippen LogP contribution in [0.2, 0.25) is 0 Å². The SMILES string of the molecule is CCCOc1ccc(Oc2nc3sccn3c2CCl)cc1. The Kier molecular flexibility index (Phi) is 4.31. The van der Waals surface area contributed by atoms with Crippen molar-refractivity contribution >= 4 is 27.9 Å². The first-order valence-electron chi connectivity index (χ1n) is 6.73. The van der Waals surface area contributed by atoms with Crippen molar-refractivity contribution in [2.24, 2.45) is 0 Å². The van der Waals surface area contributed by atoms with Crippen LogP contribution < -0.4 is 9.47 Å². The van der Waals surface area contributed by atoms with Crippen molar-refractivity contribution in [3.63, 3.8) is 0 Å². The zero-order chi connectivity index (χ0) is 14.7. The lowest BCUT2D eigenvalue weighted by atomic mass is 10.3. The molecule has 0 atom stereocenters. The molecule has 0 radical (unpaired) electrons. The standard InChI is InChI=1S/C15H15ClN2O2S/c1-2-8-19-11-3-5-12(6-4-11)20-14-13(10-16)18-7-9-21-15(18)17-14/h3-7,9H,2,8,10H2,1H3. The predicted molar refractivity (Wildman–Crippen MR) is 84.9 cm³/mol. The molecule has 0 fully saturated rings. The molecule has 0 amide bonds. The first kappa shape index (κ1) is 14.2. The lowest BCUT2D eigenvalue weighted by Crippen LogP contribution is -1.95. The third-order valence-electron chi connectivity index (χ3n) is 2.96. The summed E-state index contributed by atoms with van der Waals surface area (Å²) in [6.07, 6.45) is 2.93. The van der Waals surface area contributed by atoms with Crippen LogP contribution in [-0.4, -0.2) is 16.0 Å².